The Morgan fingerprint density at radius 3 is 2.75 bits per heavy atom. The Morgan fingerprint density at radius 2 is 2.17 bits per heavy atom. The molecule has 0 saturated heterocycles. The number of carbonyl (C=O) groups excluding carboxylic acids is 1. The maximum absolute atomic E-state index is 10.6. The molecule has 0 amide bonds. The van der Waals surface area contributed by atoms with E-state index in [1.807, 2.05) is 0 Å². The molecule has 2 N–H and O–H groups in total. The molecule has 6 heteroatoms. The van der Waals surface area contributed by atoms with Crippen molar-refractivity contribution >= 4 is 5.97 Å². The van der Waals surface area contributed by atoms with E-state index in [9.17, 15) is 4.79 Å². The molecule has 0 fully saturated rings. The van der Waals surface area contributed by atoms with Crippen LogP contribution in [0.15, 0.2) is 18.5 Å². The minimum absolute atomic E-state index is 0.0158. The molecule has 0 spiro atoms. The number of rotatable bonds is 2. The van der Waals surface area contributed by atoms with Crippen LogP contribution in [-0.2, 0) is 4.89 Å². The summed E-state index contributed by atoms with van der Waals surface area (Å²) in [7, 11) is 0. The lowest BCUT2D eigenvalue weighted by molar-refractivity contribution is -0.183. The smallest absolute Gasteiger partial charge is 0.339 e. The van der Waals surface area contributed by atoms with E-state index in [0.29, 0.717) is 0 Å². The summed E-state index contributed by atoms with van der Waals surface area (Å²) in [6.07, 6.45) is 2.34. The fourth-order valence-electron chi connectivity index (χ4n) is 0.633. The molecule has 1 rings (SSSR count). The van der Waals surface area contributed by atoms with Gasteiger partial charge in [0, 0.05) is 12.3 Å². The predicted molar refractivity (Wildman–Crippen MR) is 35.5 cm³/mol. The molecule has 0 aliphatic rings. The molecule has 1 aromatic heterocycles. The van der Waals surface area contributed by atoms with Gasteiger partial charge in [0.25, 0.3) is 0 Å². The van der Waals surface area contributed by atoms with Crippen molar-refractivity contribution in [1.82, 2.24) is 4.98 Å². The normalized spacial score (nSPS) is 9.17. The van der Waals surface area contributed by atoms with Gasteiger partial charge in [-0.15, -0.1) is 0 Å². The lowest BCUT2D eigenvalue weighted by Gasteiger charge is -1.97. The van der Waals surface area contributed by atoms with Gasteiger partial charge >= 0.3 is 5.97 Å². The fraction of sp³-hybridized carbons (Fsp3) is 0. The summed E-state index contributed by atoms with van der Waals surface area (Å²) in [5.74, 6) is -0.987. The summed E-state index contributed by atoms with van der Waals surface area (Å²) in [5, 5.41) is 16.1. The van der Waals surface area contributed by atoms with E-state index in [1.165, 1.54) is 6.20 Å². The highest BCUT2D eigenvalue weighted by molar-refractivity contribution is 5.88. The average Bonchev–Trinajstić information content (AvgIpc) is 2.17. The van der Waals surface area contributed by atoms with Gasteiger partial charge in [0.05, 0.1) is 11.8 Å². The number of hydrogen-bond donors (Lipinski definition) is 2. The number of nitrogens with zero attached hydrogens (tertiary/aromatic N) is 1. The zero-order valence-corrected chi connectivity index (χ0v) is 5.80. The van der Waals surface area contributed by atoms with Gasteiger partial charge in [0.15, 0.2) is 5.75 Å². The minimum atomic E-state index is -0.971. The standard InChI is InChI=1S/C6H5NO5/c8-6(12-10)4-1-5(11-9)3-7-2-4/h1-3,9-10H. The van der Waals surface area contributed by atoms with E-state index in [1.54, 1.807) is 0 Å². The first-order chi connectivity index (χ1) is 5.77. The van der Waals surface area contributed by atoms with E-state index in [4.69, 9.17) is 10.5 Å². The van der Waals surface area contributed by atoms with E-state index in [2.05, 4.69) is 14.8 Å². The average molecular weight is 171 g/mol. The Balaban J connectivity index is 2.93. The summed E-state index contributed by atoms with van der Waals surface area (Å²) >= 11 is 0. The Morgan fingerprint density at radius 1 is 1.42 bits per heavy atom. The van der Waals surface area contributed by atoms with Crippen LogP contribution < -0.4 is 4.89 Å². The molecule has 0 unspecified atom stereocenters. The van der Waals surface area contributed by atoms with Crippen molar-refractivity contribution in [1.29, 1.82) is 0 Å². The molecule has 0 bridgehead atoms. The highest BCUT2D eigenvalue weighted by atomic mass is 17.1. The lowest BCUT2D eigenvalue weighted by Crippen LogP contribution is -2.02. The van der Waals surface area contributed by atoms with Crippen LogP contribution in [0.25, 0.3) is 0 Å². The van der Waals surface area contributed by atoms with Crippen molar-refractivity contribution in [3.8, 4) is 5.75 Å². The first-order valence-corrected chi connectivity index (χ1v) is 2.90. The van der Waals surface area contributed by atoms with Crippen LogP contribution in [-0.4, -0.2) is 21.5 Å². The van der Waals surface area contributed by atoms with Crippen molar-refractivity contribution in [2.24, 2.45) is 0 Å². The fourth-order valence-corrected chi connectivity index (χ4v) is 0.633. The molecule has 6 nitrogen and oxygen atoms in total. The summed E-state index contributed by atoms with van der Waals surface area (Å²) < 4.78 is 0. The lowest BCUT2D eigenvalue weighted by atomic mass is 10.3. The van der Waals surface area contributed by atoms with Gasteiger partial charge in [0.2, 0.25) is 0 Å². The van der Waals surface area contributed by atoms with Gasteiger partial charge in [-0.3, -0.25) is 9.87 Å². The minimum Gasteiger partial charge on any atom is -0.339 e. The maximum atomic E-state index is 10.6. The van der Waals surface area contributed by atoms with Gasteiger partial charge in [-0.1, -0.05) is 0 Å². The predicted octanol–water partition coefficient (Wildman–Crippen LogP) is 0.563. The molecule has 1 aromatic rings. The molecule has 0 aliphatic carbocycles. The molecular formula is C6H5NO5. The Labute approximate surface area is 66.9 Å². The van der Waals surface area contributed by atoms with Crippen molar-refractivity contribution in [3.05, 3.63) is 24.0 Å². The maximum Gasteiger partial charge on any atom is 0.374 e. The monoisotopic (exact) mass is 171 g/mol. The van der Waals surface area contributed by atoms with Gasteiger partial charge < -0.3 is 4.89 Å². The van der Waals surface area contributed by atoms with Crippen LogP contribution in [0.2, 0.25) is 0 Å². The van der Waals surface area contributed by atoms with Gasteiger partial charge in [-0.2, -0.15) is 5.26 Å². The Kier molecular flexibility index (Phi) is 2.57. The zero-order valence-electron chi connectivity index (χ0n) is 5.80. The van der Waals surface area contributed by atoms with Crippen molar-refractivity contribution < 1.29 is 25.1 Å². The molecule has 0 aliphatic heterocycles. The number of pyridine rings is 1. The first-order valence-electron chi connectivity index (χ1n) is 2.90. The molecule has 0 radical (unpaired) electrons. The molecule has 64 valence electrons. The molecule has 0 saturated carbocycles. The van der Waals surface area contributed by atoms with Crippen LogP contribution >= 0.6 is 0 Å². The largest absolute Gasteiger partial charge is 0.374 e. The molecule has 0 atom stereocenters. The highest BCUT2D eigenvalue weighted by Crippen LogP contribution is 2.10. The second-order valence-corrected chi connectivity index (χ2v) is 1.88. The van der Waals surface area contributed by atoms with E-state index in [0.717, 1.165) is 12.3 Å². The third-order valence-electron chi connectivity index (χ3n) is 1.14. The third kappa shape index (κ3) is 1.68. The molecule has 1 heterocycles. The van der Waals surface area contributed by atoms with E-state index >= 15 is 0 Å². The van der Waals surface area contributed by atoms with Gasteiger partial charge in [-0.25, -0.2) is 10.1 Å². The zero-order chi connectivity index (χ0) is 8.97. The summed E-state index contributed by atoms with van der Waals surface area (Å²) in [4.78, 5) is 21.4. The highest BCUT2D eigenvalue weighted by Gasteiger charge is 2.08. The summed E-state index contributed by atoms with van der Waals surface area (Å²) in [5.41, 5.74) is -0.0240. The second-order valence-electron chi connectivity index (χ2n) is 1.88. The van der Waals surface area contributed by atoms with Gasteiger partial charge in [-0.05, 0) is 0 Å². The van der Waals surface area contributed by atoms with Crippen molar-refractivity contribution in [3.63, 3.8) is 0 Å². The van der Waals surface area contributed by atoms with Crippen LogP contribution in [0.3, 0.4) is 0 Å². The molecule has 0 aromatic carbocycles. The SMILES string of the molecule is O=C(OO)c1cncc(OO)c1. The van der Waals surface area contributed by atoms with Crippen LogP contribution in [0.1, 0.15) is 10.4 Å². The molecule has 12 heavy (non-hydrogen) atoms. The summed E-state index contributed by atoms with van der Waals surface area (Å²) in [6.45, 7) is 0. The topological polar surface area (TPSA) is 88.9 Å². The van der Waals surface area contributed by atoms with E-state index < -0.39 is 5.97 Å². The second kappa shape index (κ2) is 3.65. The van der Waals surface area contributed by atoms with Crippen LogP contribution in [0, 0.1) is 0 Å². The first kappa shape index (κ1) is 8.44. The van der Waals surface area contributed by atoms with Gasteiger partial charge in [0.1, 0.15) is 0 Å². The summed E-state index contributed by atoms with van der Waals surface area (Å²) in [6, 6.07) is 1.16. The van der Waals surface area contributed by atoms with E-state index in [-0.39, 0.29) is 11.3 Å². The van der Waals surface area contributed by atoms with Crippen molar-refractivity contribution in [2.75, 3.05) is 0 Å². The Hall–Kier alpha value is -1.66. The van der Waals surface area contributed by atoms with Crippen molar-refractivity contribution in [2.45, 2.75) is 0 Å². The quantitative estimate of drug-likeness (QED) is 0.499. The van der Waals surface area contributed by atoms with Crippen LogP contribution in [0.4, 0.5) is 0 Å². The number of carbonyl (C=O) groups is 1. The third-order valence-corrected chi connectivity index (χ3v) is 1.14. The number of hydrogen-bond acceptors (Lipinski definition) is 6. The van der Waals surface area contributed by atoms with Crippen LogP contribution in [0.5, 0.6) is 5.75 Å². The molecular weight excluding hydrogens is 166 g/mol. The Bertz CT molecular complexity index is 287. The number of aromatic nitrogens is 1.